The maximum absolute atomic E-state index is 4.35. The minimum absolute atomic E-state index is 0.0372. The first-order valence-corrected chi connectivity index (χ1v) is 5.18. The summed E-state index contributed by atoms with van der Waals surface area (Å²) in [5.41, 5.74) is 3.46. The van der Waals surface area contributed by atoms with E-state index < -0.39 is 0 Å². The van der Waals surface area contributed by atoms with Crippen molar-refractivity contribution in [2.45, 2.75) is 13.8 Å². The summed E-state index contributed by atoms with van der Waals surface area (Å²) in [5, 5.41) is 3.26. The van der Waals surface area contributed by atoms with Crippen LogP contribution in [0.2, 0.25) is 0 Å². The molecule has 0 radical (unpaired) electrons. The van der Waals surface area contributed by atoms with E-state index in [0.717, 1.165) is 5.69 Å². The molecular weight excluding hydrogens is 184 g/mol. The molecule has 1 aromatic rings. The number of allylic oxidation sites excluding steroid dienone is 1. The van der Waals surface area contributed by atoms with Gasteiger partial charge in [0.2, 0.25) is 0 Å². The Morgan fingerprint density at radius 3 is 2.87 bits per heavy atom. The Hall–Kier alpha value is -1.57. The lowest BCUT2D eigenvalue weighted by atomic mass is 9.89. The molecule has 0 unspecified atom stereocenters. The summed E-state index contributed by atoms with van der Waals surface area (Å²) in [6.45, 7) is 4.38. The predicted octanol–water partition coefficient (Wildman–Crippen LogP) is 2.69. The van der Waals surface area contributed by atoms with Crippen LogP contribution in [0.25, 0.3) is 12.2 Å². The van der Waals surface area contributed by atoms with Gasteiger partial charge in [-0.1, -0.05) is 26.0 Å². The highest BCUT2D eigenvalue weighted by molar-refractivity contribution is 5.68. The summed E-state index contributed by atoms with van der Waals surface area (Å²) >= 11 is 0. The van der Waals surface area contributed by atoms with Gasteiger partial charge in [0, 0.05) is 29.9 Å². The van der Waals surface area contributed by atoms with Crippen LogP contribution in [-0.2, 0) is 0 Å². The zero-order valence-electron chi connectivity index (χ0n) is 9.41. The summed E-state index contributed by atoms with van der Waals surface area (Å²) in [6, 6.07) is 4.06. The van der Waals surface area contributed by atoms with E-state index in [1.165, 1.54) is 11.3 Å². The van der Waals surface area contributed by atoms with Crippen LogP contribution in [0.5, 0.6) is 0 Å². The van der Waals surface area contributed by atoms with E-state index in [0.29, 0.717) is 0 Å². The standard InChI is InChI=1S/C13H16N2/c1-13(2)7-6-11-10(5-4-8-15-11)9-12(13)14-3/h4-9,14H,1-3H3. The minimum Gasteiger partial charge on any atom is -0.391 e. The molecular formula is C13H16N2. The number of rotatable bonds is 1. The van der Waals surface area contributed by atoms with Crippen LogP contribution in [0.4, 0.5) is 0 Å². The average molecular weight is 200 g/mol. The van der Waals surface area contributed by atoms with E-state index in [4.69, 9.17) is 0 Å². The van der Waals surface area contributed by atoms with Crippen molar-refractivity contribution < 1.29 is 0 Å². The monoisotopic (exact) mass is 200 g/mol. The third-order valence-electron chi connectivity index (χ3n) is 2.79. The van der Waals surface area contributed by atoms with Crippen LogP contribution < -0.4 is 5.32 Å². The summed E-state index contributed by atoms with van der Waals surface area (Å²) < 4.78 is 0. The van der Waals surface area contributed by atoms with Gasteiger partial charge in [-0.15, -0.1) is 0 Å². The van der Waals surface area contributed by atoms with Crippen molar-refractivity contribution in [1.29, 1.82) is 0 Å². The zero-order chi connectivity index (χ0) is 10.9. The first-order valence-electron chi connectivity index (χ1n) is 5.18. The first kappa shape index (κ1) is 9.97. The molecule has 1 heterocycles. The Kier molecular flexibility index (Phi) is 2.35. The van der Waals surface area contributed by atoms with Crippen LogP contribution in [0.1, 0.15) is 25.1 Å². The molecule has 0 amide bonds. The SMILES string of the molecule is CNC1=Cc2cccnc2C=CC1(C)C. The van der Waals surface area contributed by atoms with Crippen molar-refractivity contribution in [3.05, 3.63) is 41.4 Å². The Labute approximate surface area is 90.7 Å². The third-order valence-corrected chi connectivity index (χ3v) is 2.79. The maximum atomic E-state index is 4.35. The van der Waals surface area contributed by atoms with Gasteiger partial charge in [0.15, 0.2) is 0 Å². The summed E-state index contributed by atoms with van der Waals surface area (Å²) in [5.74, 6) is 0. The van der Waals surface area contributed by atoms with Crippen molar-refractivity contribution in [3.63, 3.8) is 0 Å². The van der Waals surface area contributed by atoms with E-state index in [9.17, 15) is 0 Å². The Morgan fingerprint density at radius 1 is 1.33 bits per heavy atom. The molecule has 0 atom stereocenters. The summed E-state index contributed by atoms with van der Waals surface area (Å²) in [6.07, 6.45) is 8.28. The van der Waals surface area contributed by atoms with Crippen molar-refractivity contribution in [3.8, 4) is 0 Å². The number of nitrogens with one attached hydrogen (secondary N) is 1. The van der Waals surface area contributed by atoms with Gasteiger partial charge in [-0.25, -0.2) is 0 Å². The third kappa shape index (κ3) is 1.80. The van der Waals surface area contributed by atoms with E-state index in [1.807, 2.05) is 19.3 Å². The van der Waals surface area contributed by atoms with Gasteiger partial charge in [-0.2, -0.15) is 0 Å². The van der Waals surface area contributed by atoms with E-state index in [1.54, 1.807) is 0 Å². The molecule has 15 heavy (non-hydrogen) atoms. The fraction of sp³-hybridized carbons (Fsp3) is 0.308. The highest BCUT2D eigenvalue weighted by Gasteiger charge is 2.21. The van der Waals surface area contributed by atoms with Gasteiger partial charge < -0.3 is 5.32 Å². The number of fused-ring (bicyclic) bond motifs is 1. The highest BCUT2D eigenvalue weighted by Crippen LogP contribution is 2.31. The topological polar surface area (TPSA) is 24.9 Å². The molecule has 78 valence electrons. The smallest absolute Gasteiger partial charge is 0.0699 e. The molecule has 0 spiro atoms. The van der Waals surface area contributed by atoms with Crippen molar-refractivity contribution >= 4 is 12.2 Å². The molecule has 2 nitrogen and oxygen atoms in total. The van der Waals surface area contributed by atoms with E-state index in [2.05, 4.69) is 48.4 Å². The molecule has 0 bridgehead atoms. The largest absolute Gasteiger partial charge is 0.391 e. The summed E-state index contributed by atoms with van der Waals surface area (Å²) in [4.78, 5) is 4.35. The average Bonchev–Trinajstić information content (AvgIpc) is 2.36. The van der Waals surface area contributed by atoms with Crippen LogP contribution in [0, 0.1) is 5.41 Å². The molecule has 1 aliphatic carbocycles. The zero-order valence-corrected chi connectivity index (χ0v) is 9.41. The normalized spacial score (nSPS) is 17.7. The molecule has 1 aliphatic rings. The van der Waals surface area contributed by atoms with Gasteiger partial charge in [0.1, 0.15) is 0 Å². The lowest BCUT2D eigenvalue weighted by Crippen LogP contribution is -2.21. The molecule has 2 heteroatoms. The number of hydrogen-bond acceptors (Lipinski definition) is 2. The predicted molar refractivity (Wildman–Crippen MR) is 64.1 cm³/mol. The fourth-order valence-electron chi connectivity index (χ4n) is 1.80. The lowest BCUT2D eigenvalue weighted by molar-refractivity contribution is 0.549. The van der Waals surface area contributed by atoms with Crippen LogP contribution in [0.15, 0.2) is 30.1 Å². The quantitative estimate of drug-likeness (QED) is 0.754. The van der Waals surface area contributed by atoms with E-state index >= 15 is 0 Å². The van der Waals surface area contributed by atoms with Gasteiger partial charge in [0.25, 0.3) is 0 Å². The number of aromatic nitrogens is 1. The number of hydrogen-bond donors (Lipinski definition) is 1. The Bertz CT molecular complexity index is 428. The maximum Gasteiger partial charge on any atom is 0.0699 e. The minimum atomic E-state index is 0.0372. The molecule has 1 aromatic heterocycles. The van der Waals surface area contributed by atoms with Gasteiger partial charge >= 0.3 is 0 Å². The van der Waals surface area contributed by atoms with E-state index in [-0.39, 0.29) is 5.41 Å². The van der Waals surface area contributed by atoms with Crippen molar-refractivity contribution in [2.24, 2.45) is 5.41 Å². The highest BCUT2D eigenvalue weighted by atomic mass is 14.9. The Balaban J connectivity index is 2.58. The van der Waals surface area contributed by atoms with Crippen molar-refractivity contribution in [1.82, 2.24) is 10.3 Å². The number of nitrogens with zero attached hydrogens (tertiary/aromatic N) is 1. The van der Waals surface area contributed by atoms with Gasteiger partial charge in [0.05, 0.1) is 5.69 Å². The number of pyridine rings is 1. The fourth-order valence-corrected chi connectivity index (χ4v) is 1.80. The second-order valence-electron chi connectivity index (χ2n) is 4.34. The molecule has 0 aliphatic heterocycles. The molecule has 2 rings (SSSR count). The molecule has 0 saturated heterocycles. The van der Waals surface area contributed by atoms with Crippen LogP contribution in [0.3, 0.4) is 0 Å². The molecule has 0 saturated carbocycles. The van der Waals surface area contributed by atoms with Crippen LogP contribution >= 0.6 is 0 Å². The van der Waals surface area contributed by atoms with Gasteiger partial charge in [-0.3, -0.25) is 4.98 Å². The van der Waals surface area contributed by atoms with Crippen molar-refractivity contribution in [2.75, 3.05) is 7.05 Å². The first-order chi connectivity index (χ1) is 7.13. The molecule has 0 fully saturated rings. The Morgan fingerprint density at radius 2 is 2.13 bits per heavy atom. The second kappa shape index (κ2) is 3.54. The molecule has 1 N–H and O–H groups in total. The van der Waals surface area contributed by atoms with Crippen LogP contribution in [-0.4, -0.2) is 12.0 Å². The van der Waals surface area contributed by atoms with Gasteiger partial charge in [-0.05, 0) is 18.2 Å². The lowest BCUT2D eigenvalue weighted by Gasteiger charge is -2.23. The molecule has 0 aromatic carbocycles. The second-order valence-corrected chi connectivity index (χ2v) is 4.34. The summed E-state index contributed by atoms with van der Waals surface area (Å²) in [7, 11) is 1.96.